The largest absolute Gasteiger partial charge is 0.479 e. The van der Waals surface area contributed by atoms with Crippen LogP contribution >= 0.6 is 11.8 Å². The monoisotopic (exact) mass is 364 g/mol. The molecule has 0 saturated heterocycles. The smallest absolute Gasteiger partial charge is 0.332 e. The van der Waals surface area contributed by atoms with Crippen LogP contribution in [0.25, 0.3) is 10.9 Å². The van der Waals surface area contributed by atoms with E-state index >= 15 is 0 Å². The number of hydrogen-bond donors (Lipinski definition) is 3. The van der Waals surface area contributed by atoms with Crippen molar-refractivity contribution >= 4 is 28.6 Å². The van der Waals surface area contributed by atoms with Crippen LogP contribution in [0.5, 0.6) is 0 Å². The molecule has 0 bridgehead atoms. The van der Waals surface area contributed by atoms with Gasteiger partial charge >= 0.3 is 5.97 Å². The average Bonchev–Trinajstić information content (AvgIpc) is 2.94. The molecule has 25 heavy (non-hydrogen) atoms. The molecule has 3 rings (SSSR count). The topological polar surface area (TPSA) is 76.6 Å². The second-order valence-corrected chi connectivity index (χ2v) is 7.63. The highest BCUT2D eigenvalue weighted by Crippen LogP contribution is 2.37. The first kappa shape index (κ1) is 19.8. The maximum Gasteiger partial charge on any atom is 0.332 e. The lowest BCUT2D eigenvalue weighted by molar-refractivity contribution is -0.145. The molecule has 0 spiro atoms. The third-order valence-corrected chi connectivity index (χ3v) is 5.56. The summed E-state index contributed by atoms with van der Waals surface area (Å²) in [5.41, 5.74) is 4.39. The Balaban J connectivity index is 0.000000326. The third-order valence-electron chi connectivity index (χ3n) is 4.64. The van der Waals surface area contributed by atoms with Crippen LogP contribution in [0.1, 0.15) is 31.9 Å². The van der Waals surface area contributed by atoms with Gasteiger partial charge in [-0.05, 0) is 56.3 Å². The molecule has 3 N–H and O–H groups in total. The Labute approximate surface area is 153 Å². The number of H-pyrrole nitrogens is 1. The van der Waals surface area contributed by atoms with Crippen molar-refractivity contribution in [2.24, 2.45) is 0 Å². The number of aliphatic carboxylic acids is 1. The van der Waals surface area contributed by atoms with Crippen molar-refractivity contribution in [3.05, 3.63) is 29.3 Å². The molecule has 1 aromatic heterocycles. The molecule has 5 nitrogen and oxygen atoms in total. The minimum atomic E-state index is -1.23. The Kier molecular flexibility index (Phi) is 6.93. The van der Waals surface area contributed by atoms with Gasteiger partial charge in [0.05, 0.1) is 5.03 Å². The van der Waals surface area contributed by atoms with E-state index in [1.807, 2.05) is 11.8 Å². The molecule has 1 heterocycles. The Bertz CT molecular complexity index is 727. The van der Waals surface area contributed by atoms with Gasteiger partial charge in [0.1, 0.15) is 6.10 Å². The highest BCUT2D eigenvalue weighted by Gasteiger charge is 2.26. The van der Waals surface area contributed by atoms with Gasteiger partial charge in [-0.2, -0.15) is 0 Å². The quantitative estimate of drug-likeness (QED) is 0.711. The van der Waals surface area contributed by atoms with E-state index in [0.29, 0.717) is 6.04 Å². The number of nitrogens with zero attached hydrogens (tertiary/aromatic N) is 1. The van der Waals surface area contributed by atoms with Gasteiger partial charge in [0.15, 0.2) is 0 Å². The first-order valence-electron chi connectivity index (χ1n) is 8.75. The summed E-state index contributed by atoms with van der Waals surface area (Å²) in [6, 6.07) is 7.35. The minimum absolute atomic E-state index is 0.648. The second-order valence-electron chi connectivity index (χ2n) is 6.35. The number of carboxylic acid groups (broad SMARTS) is 1. The highest BCUT2D eigenvalue weighted by atomic mass is 32.2. The number of carbonyl (C=O) groups is 1. The molecule has 0 fully saturated rings. The molecule has 6 heteroatoms. The molecular formula is C19H28N2O3S. The van der Waals surface area contributed by atoms with Crippen molar-refractivity contribution in [2.45, 2.75) is 50.8 Å². The number of carboxylic acids is 1. The molecule has 0 saturated carbocycles. The fourth-order valence-electron chi connectivity index (χ4n) is 3.14. The summed E-state index contributed by atoms with van der Waals surface area (Å²) >= 11 is 1.94. The van der Waals surface area contributed by atoms with Crippen LogP contribution in [-0.2, 0) is 17.6 Å². The lowest BCUT2D eigenvalue weighted by Crippen LogP contribution is -2.36. The lowest BCUT2D eigenvalue weighted by atomic mass is 9.88. The number of nitrogens with one attached hydrogen (secondary N) is 1. The van der Waals surface area contributed by atoms with Crippen LogP contribution in [-0.4, -0.2) is 57.6 Å². The first-order valence-corrected chi connectivity index (χ1v) is 9.73. The van der Waals surface area contributed by atoms with Crippen LogP contribution in [0.2, 0.25) is 0 Å². The number of aliphatic hydroxyl groups excluding tert-OH is 1. The summed E-state index contributed by atoms with van der Waals surface area (Å²) in [6.07, 6.45) is 1.14. The molecule has 0 amide bonds. The van der Waals surface area contributed by atoms with Crippen molar-refractivity contribution < 1.29 is 15.0 Å². The number of benzene rings is 1. The van der Waals surface area contributed by atoms with Crippen LogP contribution in [0, 0.1) is 0 Å². The number of aromatic amines is 1. The lowest BCUT2D eigenvalue weighted by Gasteiger charge is -2.30. The molecule has 1 aliphatic carbocycles. The summed E-state index contributed by atoms with van der Waals surface area (Å²) in [7, 11) is 2.25. The molecular weight excluding hydrogens is 336 g/mol. The number of aromatic nitrogens is 1. The zero-order chi connectivity index (χ0) is 18.6. The number of thioether (sulfide) groups is 1. The van der Waals surface area contributed by atoms with Crippen LogP contribution in [0.15, 0.2) is 23.2 Å². The molecule has 1 aromatic carbocycles. The Hall–Kier alpha value is -1.50. The maximum atomic E-state index is 9.45. The molecule has 1 aliphatic rings. The average molecular weight is 365 g/mol. The van der Waals surface area contributed by atoms with E-state index in [1.165, 1.54) is 41.3 Å². The van der Waals surface area contributed by atoms with E-state index in [9.17, 15) is 4.79 Å². The van der Waals surface area contributed by atoms with E-state index in [-0.39, 0.29) is 0 Å². The van der Waals surface area contributed by atoms with Crippen molar-refractivity contribution in [1.82, 2.24) is 9.88 Å². The van der Waals surface area contributed by atoms with Crippen molar-refractivity contribution in [3.8, 4) is 0 Å². The van der Waals surface area contributed by atoms with Crippen molar-refractivity contribution in [3.63, 3.8) is 0 Å². The predicted molar refractivity (Wildman–Crippen MR) is 104 cm³/mol. The molecule has 2 unspecified atom stereocenters. The van der Waals surface area contributed by atoms with Crippen LogP contribution in [0.4, 0.5) is 0 Å². The van der Waals surface area contributed by atoms with Gasteiger partial charge in [-0.15, -0.1) is 11.8 Å². The second kappa shape index (κ2) is 8.74. The van der Waals surface area contributed by atoms with Crippen LogP contribution in [0.3, 0.4) is 0 Å². The first-order chi connectivity index (χ1) is 11.9. The third kappa shape index (κ3) is 4.57. The van der Waals surface area contributed by atoms with Gasteiger partial charge in [-0.1, -0.05) is 26.0 Å². The minimum Gasteiger partial charge on any atom is -0.479 e. The maximum absolute atomic E-state index is 9.45. The standard InChI is InChI=1S/C16H22N2S.C3H6O3/c1-4-18(3)12-9-11-7-6-8-14-15(11)13(10-12)16(17-14)19-5-2;1-2(4)3(5)6/h6-8,12,17H,4-5,9-10H2,1-3H3;2,4H,1H3,(H,5,6). The molecule has 0 radical (unpaired) electrons. The van der Waals surface area contributed by atoms with E-state index in [4.69, 9.17) is 10.2 Å². The van der Waals surface area contributed by atoms with Crippen molar-refractivity contribution in [1.29, 1.82) is 0 Å². The fraction of sp³-hybridized carbons (Fsp3) is 0.526. The predicted octanol–water partition coefficient (Wildman–Crippen LogP) is 3.15. The highest BCUT2D eigenvalue weighted by molar-refractivity contribution is 7.99. The summed E-state index contributed by atoms with van der Waals surface area (Å²) in [4.78, 5) is 15.5. The van der Waals surface area contributed by atoms with E-state index in [1.54, 1.807) is 5.56 Å². The summed E-state index contributed by atoms with van der Waals surface area (Å²) in [6.45, 7) is 6.79. The molecule has 0 aliphatic heterocycles. The number of aliphatic hydroxyl groups is 1. The van der Waals surface area contributed by atoms with Gasteiger partial charge in [0, 0.05) is 16.9 Å². The Morgan fingerprint density at radius 1 is 1.40 bits per heavy atom. The zero-order valence-electron chi connectivity index (χ0n) is 15.4. The van der Waals surface area contributed by atoms with Gasteiger partial charge in [0.2, 0.25) is 0 Å². The van der Waals surface area contributed by atoms with Gasteiger partial charge in [-0.3, -0.25) is 0 Å². The number of likely N-dealkylation sites (N-methyl/N-ethyl adjacent to an activating group) is 1. The molecule has 2 aromatic rings. The Morgan fingerprint density at radius 3 is 2.64 bits per heavy atom. The zero-order valence-corrected chi connectivity index (χ0v) is 16.2. The van der Waals surface area contributed by atoms with Gasteiger partial charge < -0.3 is 20.1 Å². The van der Waals surface area contributed by atoms with Crippen molar-refractivity contribution in [2.75, 3.05) is 19.3 Å². The van der Waals surface area contributed by atoms with E-state index in [2.05, 4.69) is 49.0 Å². The van der Waals surface area contributed by atoms with Crippen LogP contribution < -0.4 is 0 Å². The van der Waals surface area contributed by atoms with E-state index < -0.39 is 12.1 Å². The summed E-state index contributed by atoms with van der Waals surface area (Å²) < 4.78 is 0. The summed E-state index contributed by atoms with van der Waals surface area (Å²) in [5.74, 6) is -0.0568. The SMILES string of the molecule is CC(O)C(=O)O.CCSc1[nH]c2cccc3c2c1CC(N(C)CC)C3. The Morgan fingerprint density at radius 2 is 2.08 bits per heavy atom. The number of rotatable bonds is 5. The van der Waals surface area contributed by atoms with Gasteiger partial charge in [-0.25, -0.2) is 4.79 Å². The molecule has 138 valence electrons. The normalized spacial score (nSPS) is 17.3. The van der Waals surface area contributed by atoms with E-state index in [0.717, 1.165) is 12.3 Å². The van der Waals surface area contributed by atoms with Gasteiger partial charge in [0.25, 0.3) is 0 Å². The summed E-state index contributed by atoms with van der Waals surface area (Å²) in [5, 5.41) is 18.7. The fourth-order valence-corrected chi connectivity index (χ4v) is 3.97. The molecule has 2 atom stereocenters. The number of hydrogen-bond acceptors (Lipinski definition) is 4.